The molecule has 0 radical (unpaired) electrons. The number of amides is 1. The number of fused-ring (bicyclic) bond motifs is 1. The summed E-state index contributed by atoms with van der Waals surface area (Å²) in [5, 5.41) is 11.7. The molecule has 0 heterocycles. The van der Waals surface area contributed by atoms with Gasteiger partial charge in [0, 0.05) is 0 Å². The normalized spacial score (nSPS) is 31.4. The second-order valence-electron chi connectivity index (χ2n) is 6.30. The molecule has 0 aromatic rings. The van der Waals surface area contributed by atoms with E-state index in [0.717, 1.165) is 12.8 Å². The van der Waals surface area contributed by atoms with E-state index in [2.05, 4.69) is 5.32 Å². The summed E-state index contributed by atoms with van der Waals surface area (Å²) < 4.78 is 5.11. The van der Waals surface area contributed by atoms with Crippen LogP contribution in [0.4, 0.5) is 4.79 Å². The summed E-state index contributed by atoms with van der Waals surface area (Å²) in [5.41, 5.74) is -0.605. The Labute approximate surface area is 107 Å². The molecule has 0 spiro atoms. The zero-order valence-electron chi connectivity index (χ0n) is 11.1. The topological polar surface area (TPSA) is 75.6 Å². The zero-order chi connectivity index (χ0) is 13.5. The van der Waals surface area contributed by atoms with Gasteiger partial charge in [-0.2, -0.15) is 0 Å². The number of rotatable bonds is 3. The van der Waals surface area contributed by atoms with Gasteiger partial charge in [-0.3, -0.25) is 0 Å². The number of carboxylic acid groups (broad SMARTS) is 1. The molecule has 0 aromatic carbocycles. The molecule has 2 aliphatic rings. The van der Waals surface area contributed by atoms with Crippen molar-refractivity contribution in [3.63, 3.8) is 0 Å². The standard InChI is InChI=1S/C13H21NO4/c1-13(2,3)18-12(17)14-10(11(15)16)9-7-5-4-6-8(7)9/h7-10H,4-6H2,1-3H3,(H,14,17)(H,15,16)/t7?,8?,9?,10-/m0/s1. The summed E-state index contributed by atoms with van der Waals surface area (Å²) in [7, 11) is 0. The van der Waals surface area contributed by atoms with Crippen molar-refractivity contribution in [2.24, 2.45) is 17.8 Å². The van der Waals surface area contributed by atoms with Gasteiger partial charge < -0.3 is 15.2 Å². The van der Waals surface area contributed by atoms with Crippen molar-refractivity contribution < 1.29 is 19.4 Å². The third-order valence-corrected chi connectivity index (χ3v) is 3.80. The quantitative estimate of drug-likeness (QED) is 0.809. The predicted octanol–water partition coefficient (Wildman–Crippen LogP) is 2.01. The first-order chi connectivity index (χ1) is 8.29. The maximum absolute atomic E-state index is 11.6. The van der Waals surface area contributed by atoms with Crippen molar-refractivity contribution in [3.8, 4) is 0 Å². The smallest absolute Gasteiger partial charge is 0.408 e. The monoisotopic (exact) mass is 255 g/mol. The highest BCUT2D eigenvalue weighted by Crippen LogP contribution is 2.59. The van der Waals surface area contributed by atoms with Crippen LogP contribution < -0.4 is 5.32 Å². The number of carboxylic acids is 1. The average molecular weight is 255 g/mol. The molecule has 2 fully saturated rings. The van der Waals surface area contributed by atoms with E-state index in [4.69, 9.17) is 4.74 Å². The lowest BCUT2D eigenvalue weighted by atomic mass is 10.0. The van der Waals surface area contributed by atoms with Crippen LogP contribution in [0.2, 0.25) is 0 Å². The van der Waals surface area contributed by atoms with Gasteiger partial charge in [0.25, 0.3) is 0 Å². The molecule has 5 nitrogen and oxygen atoms in total. The first-order valence-corrected chi connectivity index (χ1v) is 6.52. The fourth-order valence-electron chi connectivity index (χ4n) is 3.13. The highest BCUT2D eigenvalue weighted by atomic mass is 16.6. The van der Waals surface area contributed by atoms with E-state index in [0.29, 0.717) is 11.8 Å². The lowest BCUT2D eigenvalue weighted by molar-refractivity contribution is -0.140. The summed E-state index contributed by atoms with van der Waals surface area (Å²) in [6, 6.07) is -0.796. The van der Waals surface area contributed by atoms with E-state index in [1.807, 2.05) is 0 Å². The molecule has 2 aliphatic carbocycles. The minimum Gasteiger partial charge on any atom is -0.480 e. The molecule has 0 aromatic heterocycles. The molecule has 2 N–H and O–H groups in total. The highest BCUT2D eigenvalue weighted by Gasteiger charge is 2.58. The van der Waals surface area contributed by atoms with E-state index in [9.17, 15) is 14.7 Å². The van der Waals surface area contributed by atoms with Crippen molar-refractivity contribution in [1.29, 1.82) is 0 Å². The number of nitrogens with one attached hydrogen (secondary N) is 1. The maximum atomic E-state index is 11.6. The third-order valence-electron chi connectivity index (χ3n) is 3.80. The minimum atomic E-state index is -0.958. The van der Waals surface area contributed by atoms with Gasteiger partial charge in [0.15, 0.2) is 0 Å². The Morgan fingerprint density at radius 3 is 2.28 bits per heavy atom. The largest absolute Gasteiger partial charge is 0.480 e. The molecular formula is C13H21NO4. The van der Waals surface area contributed by atoms with E-state index >= 15 is 0 Å². The Bertz CT molecular complexity index is 350. The molecule has 2 saturated carbocycles. The minimum absolute atomic E-state index is 0.101. The molecule has 0 saturated heterocycles. The maximum Gasteiger partial charge on any atom is 0.408 e. The fraction of sp³-hybridized carbons (Fsp3) is 0.846. The lowest BCUT2D eigenvalue weighted by Gasteiger charge is -2.22. The number of carbonyl (C=O) groups is 2. The number of aliphatic carboxylic acids is 1. The van der Waals surface area contributed by atoms with Crippen molar-refractivity contribution in [2.75, 3.05) is 0 Å². The van der Waals surface area contributed by atoms with Crippen LogP contribution in [0.1, 0.15) is 40.0 Å². The van der Waals surface area contributed by atoms with Crippen molar-refractivity contribution in [2.45, 2.75) is 51.7 Å². The summed E-state index contributed by atoms with van der Waals surface area (Å²) in [6.45, 7) is 5.27. The molecule has 0 aliphatic heterocycles. The molecular weight excluding hydrogens is 234 g/mol. The van der Waals surface area contributed by atoms with E-state index < -0.39 is 23.7 Å². The van der Waals surface area contributed by atoms with Gasteiger partial charge in [0.2, 0.25) is 0 Å². The summed E-state index contributed by atoms with van der Waals surface area (Å²) >= 11 is 0. The van der Waals surface area contributed by atoms with Crippen LogP contribution >= 0.6 is 0 Å². The zero-order valence-corrected chi connectivity index (χ0v) is 11.1. The van der Waals surface area contributed by atoms with E-state index in [1.54, 1.807) is 20.8 Å². The van der Waals surface area contributed by atoms with Gasteiger partial charge in [-0.25, -0.2) is 9.59 Å². The van der Waals surface area contributed by atoms with Gasteiger partial charge in [-0.05, 0) is 51.4 Å². The Morgan fingerprint density at radius 2 is 1.83 bits per heavy atom. The molecule has 1 amide bonds. The average Bonchev–Trinajstić information content (AvgIpc) is 2.67. The van der Waals surface area contributed by atoms with Gasteiger partial charge >= 0.3 is 12.1 Å². The molecule has 5 heteroatoms. The number of hydrogen-bond donors (Lipinski definition) is 2. The second kappa shape index (κ2) is 4.44. The molecule has 3 atom stereocenters. The van der Waals surface area contributed by atoms with Gasteiger partial charge in [0.05, 0.1) is 0 Å². The number of ether oxygens (including phenoxy) is 1. The Morgan fingerprint density at radius 1 is 1.28 bits per heavy atom. The van der Waals surface area contributed by atoms with Crippen LogP contribution in [-0.2, 0) is 9.53 Å². The lowest BCUT2D eigenvalue weighted by Crippen LogP contribution is -2.45. The second-order valence-corrected chi connectivity index (χ2v) is 6.30. The van der Waals surface area contributed by atoms with Crippen molar-refractivity contribution in [1.82, 2.24) is 5.32 Å². The molecule has 2 unspecified atom stereocenters. The molecule has 102 valence electrons. The third kappa shape index (κ3) is 2.76. The Balaban J connectivity index is 1.92. The fourth-order valence-corrected chi connectivity index (χ4v) is 3.13. The Hall–Kier alpha value is -1.26. The van der Waals surface area contributed by atoms with Crippen LogP contribution in [0.5, 0.6) is 0 Å². The van der Waals surface area contributed by atoms with Crippen LogP contribution in [0.15, 0.2) is 0 Å². The number of carbonyl (C=O) groups excluding carboxylic acids is 1. The number of alkyl carbamates (subject to hydrolysis) is 1. The van der Waals surface area contributed by atoms with Gasteiger partial charge in [-0.1, -0.05) is 6.42 Å². The number of hydrogen-bond acceptors (Lipinski definition) is 3. The van der Waals surface area contributed by atoms with E-state index in [1.165, 1.54) is 6.42 Å². The van der Waals surface area contributed by atoms with Crippen LogP contribution in [0, 0.1) is 17.8 Å². The van der Waals surface area contributed by atoms with Crippen molar-refractivity contribution in [3.05, 3.63) is 0 Å². The highest BCUT2D eigenvalue weighted by molar-refractivity contribution is 5.81. The summed E-state index contributed by atoms with van der Waals surface area (Å²) in [5.74, 6) is 0.117. The predicted molar refractivity (Wildman–Crippen MR) is 65.1 cm³/mol. The summed E-state index contributed by atoms with van der Waals surface area (Å²) in [4.78, 5) is 22.9. The molecule has 2 rings (SSSR count). The first-order valence-electron chi connectivity index (χ1n) is 6.52. The van der Waals surface area contributed by atoms with Crippen LogP contribution in [-0.4, -0.2) is 28.8 Å². The summed E-state index contributed by atoms with van der Waals surface area (Å²) in [6.07, 6.45) is 2.73. The van der Waals surface area contributed by atoms with Crippen LogP contribution in [0.25, 0.3) is 0 Å². The molecule has 0 bridgehead atoms. The first kappa shape index (κ1) is 13.2. The van der Waals surface area contributed by atoms with E-state index in [-0.39, 0.29) is 5.92 Å². The Kier molecular flexibility index (Phi) is 3.25. The van der Waals surface area contributed by atoms with Crippen LogP contribution in [0.3, 0.4) is 0 Å². The van der Waals surface area contributed by atoms with Gasteiger partial charge in [0.1, 0.15) is 11.6 Å². The van der Waals surface area contributed by atoms with Gasteiger partial charge in [-0.15, -0.1) is 0 Å². The van der Waals surface area contributed by atoms with Crippen molar-refractivity contribution >= 4 is 12.1 Å². The molecule has 18 heavy (non-hydrogen) atoms. The SMILES string of the molecule is CC(C)(C)OC(=O)N[C@H](C(=O)O)C1C2CCCC21.